The van der Waals surface area contributed by atoms with Crippen molar-refractivity contribution in [3.63, 3.8) is 0 Å². The Kier molecular flexibility index (Phi) is 4.34. The standard InChI is InChI=1S/C19H23N5O/c1-14-13-17(22-18(21-14)15-5-7-20-8-6-15)23-9-2-10-24(12-11-23)19(25)16-3-4-16/h5-8,13,16H,2-4,9-12H2,1H3. The summed E-state index contributed by atoms with van der Waals surface area (Å²) >= 11 is 0. The van der Waals surface area contributed by atoms with Crippen molar-refractivity contribution in [3.05, 3.63) is 36.3 Å². The van der Waals surface area contributed by atoms with Crippen LogP contribution in [0.3, 0.4) is 0 Å². The van der Waals surface area contributed by atoms with Crippen LogP contribution in [0.1, 0.15) is 25.0 Å². The van der Waals surface area contributed by atoms with E-state index in [0.29, 0.717) is 11.8 Å². The van der Waals surface area contributed by atoms with Crippen molar-refractivity contribution in [3.8, 4) is 11.4 Å². The molecule has 0 spiro atoms. The fraction of sp³-hybridized carbons (Fsp3) is 0.474. The summed E-state index contributed by atoms with van der Waals surface area (Å²) in [4.78, 5) is 30.0. The highest BCUT2D eigenvalue weighted by atomic mass is 16.2. The third-order valence-corrected chi connectivity index (χ3v) is 4.84. The van der Waals surface area contributed by atoms with Gasteiger partial charge < -0.3 is 9.80 Å². The second-order valence-corrected chi connectivity index (χ2v) is 6.87. The maximum Gasteiger partial charge on any atom is 0.225 e. The fourth-order valence-corrected chi connectivity index (χ4v) is 3.30. The van der Waals surface area contributed by atoms with Gasteiger partial charge in [-0.05, 0) is 38.3 Å². The van der Waals surface area contributed by atoms with Crippen LogP contribution in [0, 0.1) is 12.8 Å². The second-order valence-electron chi connectivity index (χ2n) is 6.87. The summed E-state index contributed by atoms with van der Waals surface area (Å²) in [5.74, 6) is 2.32. The molecule has 0 atom stereocenters. The normalized spacial score (nSPS) is 18.1. The molecule has 1 amide bonds. The number of amides is 1. The van der Waals surface area contributed by atoms with Crippen LogP contribution in [0.5, 0.6) is 0 Å². The lowest BCUT2D eigenvalue weighted by atomic mass is 10.2. The molecule has 2 aromatic heterocycles. The number of nitrogens with zero attached hydrogens (tertiary/aromatic N) is 5. The molecule has 6 nitrogen and oxygen atoms in total. The van der Waals surface area contributed by atoms with Crippen molar-refractivity contribution in [2.24, 2.45) is 5.92 Å². The van der Waals surface area contributed by atoms with E-state index >= 15 is 0 Å². The number of rotatable bonds is 3. The zero-order valence-electron chi connectivity index (χ0n) is 14.6. The van der Waals surface area contributed by atoms with E-state index in [1.54, 1.807) is 12.4 Å². The van der Waals surface area contributed by atoms with Gasteiger partial charge in [-0.1, -0.05) is 0 Å². The number of pyridine rings is 1. The minimum Gasteiger partial charge on any atom is -0.355 e. The summed E-state index contributed by atoms with van der Waals surface area (Å²) in [6.07, 6.45) is 6.63. The largest absolute Gasteiger partial charge is 0.355 e. The molecule has 3 heterocycles. The molecule has 2 aromatic rings. The van der Waals surface area contributed by atoms with Crippen LogP contribution in [0.4, 0.5) is 5.82 Å². The van der Waals surface area contributed by atoms with Crippen LogP contribution in [-0.2, 0) is 4.79 Å². The molecule has 1 aliphatic carbocycles. The molecule has 1 saturated heterocycles. The van der Waals surface area contributed by atoms with E-state index in [1.807, 2.05) is 30.0 Å². The molecular weight excluding hydrogens is 314 g/mol. The highest BCUT2D eigenvalue weighted by Crippen LogP contribution is 2.31. The van der Waals surface area contributed by atoms with E-state index in [2.05, 4.69) is 14.9 Å². The summed E-state index contributed by atoms with van der Waals surface area (Å²) in [6.45, 7) is 5.37. The Labute approximate surface area is 147 Å². The molecule has 6 heteroatoms. The first kappa shape index (κ1) is 16.0. The Hall–Kier alpha value is -2.50. The molecule has 0 unspecified atom stereocenters. The van der Waals surface area contributed by atoms with Crippen molar-refractivity contribution in [2.75, 3.05) is 31.1 Å². The van der Waals surface area contributed by atoms with Crippen molar-refractivity contribution in [1.29, 1.82) is 0 Å². The molecule has 0 bridgehead atoms. The maximum absolute atomic E-state index is 12.3. The summed E-state index contributed by atoms with van der Waals surface area (Å²) < 4.78 is 0. The summed E-state index contributed by atoms with van der Waals surface area (Å²) in [7, 11) is 0. The van der Waals surface area contributed by atoms with E-state index < -0.39 is 0 Å². The van der Waals surface area contributed by atoms with Gasteiger partial charge in [-0.3, -0.25) is 9.78 Å². The Morgan fingerprint density at radius 1 is 1.08 bits per heavy atom. The number of carbonyl (C=O) groups excluding carboxylic acids is 1. The topological polar surface area (TPSA) is 62.2 Å². The van der Waals surface area contributed by atoms with Crippen molar-refractivity contribution < 1.29 is 4.79 Å². The monoisotopic (exact) mass is 337 g/mol. The summed E-state index contributed by atoms with van der Waals surface area (Å²) in [6, 6.07) is 5.89. The van der Waals surface area contributed by atoms with Gasteiger partial charge in [0, 0.05) is 61.8 Å². The van der Waals surface area contributed by atoms with Gasteiger partial charge in [0.1, 0.15) is 5.82 Å². The Balaban J connectivity index is 1.53. The summed E-state index contributed by atoms with van der Waals surface area (Å²) in [5.41, 5.74) is 1.92. The van der Waals surface area contributed by atoms with Gasteiger partial charge in [0.05, 0.1) is 0 Å². The van der Waals surface area contributed by atoms with Gasteiger partial charge in [0.15, 0.2) is 5.82 Å². The number of anilines is 1. The van der Waals surface area contributed by atoms with Gasteiger partial charge in [-0.25, -0.2) is 9.97 Å². The Morgan fingerprint density at radius 3 is 2.64 bits per heavy atom. The van der Waals surface area contributed by atoms with Crippen LogP contribution in [-0.4, -0.2) is 51.9 Å². The van der Waals surface area contributed by atoms with Crippen LogP contribution in [0.15, 0.2) is 30.6 Å². The smallest absolute Gasteiger partial charge is 0.225 e. The van der Waals surface area contributed by atoms with E-state index in [0.717, 1.165) is 68.3 Å². The second kappa shape index (κ2) is 6.78. The first-order chi connectivity index (χ1) is 12.2. The minimum absolute atomic E-state index is 0.297. The Morgan fingerprint density at radius 2 is 1.88 bits per heavy atom. The lowest BCUT2D eigenvalue weighted by molar-refractivity contribution is -0.132. The van der Waals surface area contributed by atoms with Gasteiger partial charge >= 0.3 is 0 Å². The average Bonchev–Trinajstić information content (AvgIpc) is 3.48. The van der Waals surface area contributed by atoms with Crippen LogP contribution < -0.4 is 4.90 Å². The highest BCUT2D eigenvalue weighted by Gasteiger charge is 2.34. The summed E-state index contributed by atoms with van der Waals surface area (Å²) in [5, 5.41) is 0. The first-order valence-corrected chi connectivity index (χ1v) is 9.00. The number of hydrogen-bond donors (Lipinski definition) is 0. The van der Waals surface area contributed by atoms with Gasteiger partial charge in [-0.2, -0.15) is 0 Å². The predicted molar refractivity (Wildman–Crippen MR) is 96.1 cm³/mol. The molecule has 0 N–H and O–H groups in total. The van der Waals surface area contributed by atoms with E-state index in [-0.39, 0.29) is 0 Å². The number of hydrogen-bond acceptors (Lipinski definition) is 5. The molecule has 1 saturated carbocycles. The average molecular weight is 337 g/mol. The molecule has 4 rings (SSSR count). The van der Waals surface area contributed by atoms with Crippen LogP contribution in [0.25, 0.3) is 11.4 Å². The highest BCUT2D eigenvalue weighted by molar-refractivity contribution is 5.81. The fourth-order valence-electron chi connectivity index (χ4n) is 3.30. The van der Waals surface area contributed by atoms with E-state index in [1.165, 1.54) is 0 Å². The molecule has 130 valence electrons. The van der Waals surface area contributed by atoms with Crippen LogP contribution >= 0.6 is 0 Å². The third kappa shape index (κ3) is 3.62. The van der Waals surface area contributed by atoms with Gasteiger partial charge in [0.2, 0.25) is 5.91 Å². The first-order valence-electron chi connectivity index (χ1n) is 9.00. The van der Waals surface area contributed by atoms with E-state index in [4.69, 9.17) is 4.98 Å². The quantitative estimate of drug-likeness (QED) is 0.860. The van der Waals surface area contributed by atoms with Crippen LogP contribution in [0.2, 0.25) is 0 Å². The van der Waals surface area contributed by atoms with E-state index in [9.17, 15) is 4.79 Å². The number of carbonyl (C=O) groups is 1. The predicted octanol–water partition coefficient (Wildman–Crippen LogP) is 2.30. The lowest BCUT2D eigenvalue weighted by Crippen LogP contribution is -2.36. The zero-order valence-corrected chi connectivity index (χ0v) is 14.6. The number of aryl methyl sites for hydroxylation is 1. The van der Waals surface area contributed by atoms with Crippen molar-refractivity contribution in [2.45, 2.75) is 26.2 Å². The minimum atomic E-state index is 0.297. The Bertz CT molecular complexity index is 760. The number of aromatic nitrogens is 3. The molecule has 2 fully saturated rings. The van der Waals surface area contributed by atoms with Crippen molar-refractivity contribution >= 4 is 11.7 Å². The molecule has 0 radical (unpaired) electrons. The third-order valence-electron chi connectivity index (χ3n) is 4.84. The zero-order chi connectivity index (χ0) is 17.2. The molecule has 2 aliphatic rings. The molecule has 25 heavy (non-hydrogen) atoms. The van der Waals surface area contributed by atoms with Gasteiger partial charge in [-0.15, -0.1) is 0 Å². The molecular formula is C19H23N5O. The van der Waals surface area contributed by atoms with Crippen molar-refractivity contribution in [1.82, 2.24) is 19.9 Å². The molecule has 0 aromatic carbocycles. The lowest BCUT2D eigenvalue weighted by Gasteiger charge is -2.23. The molecule has 1 aliphatic heterocycles. The van der Waals surface area contributed by atoms with Gasteiger partial charge in [0.25, 0.3) is 0 Å². The SMILES string of the molecule is Cc1cc(N2CCCN(C(=O)C3CC3)CC2)nc(-c2ccncc2)n1. The maximum atomic E-state index is 12.3.